The molecule has 83 valence electrons. The summed E-state index contributed by atoms with van der Waals surface area (Å²) in [5, 5.41) is 4.02. The highest BCUT2D eigenvalue weighted by Gasteiger charge is 2.23. The van der Waals surface area contributed by atoms with Crippen LogP contribution in [0.15, 0.2) is 5.10 Å². The molecule has 0 fully saturated rings. The smallest absolute Gasteiger partial charge is 0.349 e. The van der Waals surface area contributed by atoms with Crippen molar-refractivity contribution in [3.05, 3.63) is 0 Å². The number of nitrogens with one attached hydrogen (secondary N) is 1. The van der Waals surface area contributed by atoms with Gasteiger partial charge in [-0.1, -0.05) is 13.8 Å². The van der Waals surface area contributed by atoms with Gasteiger partial charge in [0.05, 0.1) is 0 Å². The normalized spacial score (nSPS) is 12.5. The maximum atomic E-state index is 5.67. The fourth-order valence-electron chi connectivity index (χ4n) is 0.712. The summed E-state index contributed by atoms with van der Waals surface area (Å²) in [4.78, 5) is 0. The first-order valence-electron chi connectivity index (χ1n) is 5.11. The molecule has 0 aromatic rings. The highest BCUT2D eigenvalue weighted by Crippen LogP contribution is 2.19. The minimum atomic E-state index is -0.205. The second kappa shape index (κ2) is 6.52. The van der Waals surface area contributed by atoms with Crippen LogP contribution in [0, 0.1) is 18.3 Å². The van der Waals surface area contributed by atoms with Gasteiger partial charge in [0.15, 0.2) is 0 Å². The predicted molar refractivity (Wildman–Crippen MR) is 65.7 cm³/mol. The van der Waals surface area contributed by atoms with E-state index in [2.05, 4.69) is 30.3 Å². The second-order valence-electron chi connectivity index (χ2n) is 4.20. The zero-order valence-corrected chi connectivity index (χ0v) is 10.3. The maximum Gasteiger partial charge on any atom is 0.349 e. The lowest BCUT2D eigenvalue weighted by atomic mass is 9.85. The first kappa shape index (κ1) is 14.1. The Morgan fingerprint density at radius 1 is 1.60 bits per heavy atom. The fraction of sp³-hybridized carbons (Fsp3) is 0.727. The van der Waals surface area contributed by atoms with Crippen molar-refractivity contribution >= 4 is 13.1 Å². The van der Waals surface area contributed by atoms with E-state index in [0.717, 1.165) is 5.61 Å². The average Bonchev–Trinajstić information content (AvgIpc) is 2.15. The third-order valence-corrected chi connectivity index (χ3v) is 2.43. The van der Waals surface area contributed by atoms with Crippen molar-refractivity contribution in [2.24, 2.45) is 11.0 Å². The number of hydrogen-bond donors (Lipinski definition) is 1. The third-order valence-electron chi connectivity index (χ3n) is 2.43. The van der Waals surface area contributed by atoms with Gasteiger partial charge in [0.1, 0.15) is 0 Å². The molecule has 0 aliphatic rings. The molecule has 0 unspecified atom stereocenters. The van der Waals surface area contributed by atoms with E-state index in [-0.39, 0.29) is 5.60 Å². The van der Waals surface area contributed by atoms with Crippen molar-refractivity contribution in [1.29, 1.82) is 0 Å². The van der Waals surface area contributed by atoms with Crippen LogP contribution in [0.2, 0.25) is 0 Å². The molecule has 4 heteroatoms. The van der Waals surface area contributed by atoms with Crippen LogP contribution in [0.1, 0.15) is 34.1 Å². The summed E-state index contributed by atoms with van der Waals surface area (Å²) in [5.41, 5.74) is 3.22. The van der Waals surface area contributed by atoms with Crippen molar-refractivity contribution in [3.63, 3.8) is 0 Å². The summed E-state index contributed by atoms with van der Waals surface area (Å²) < 4.78 is 5.67. The van der Waals surface area contributed by atoms with Crippen molar-refractivity contribution in [2.45, 2.75) is 39.7 Å². The molecule has 1 radical (unpaired) electrons. The standard InChI is InChI=1S/C11H20BN2O/c1-7-8-10(14-13-6)12-15-11(4,5)9(2)3/h1,9,13H,8H2,2-6H3/b14-10+. The topological polar surface area (TPSA) is 33.6 Å². The Hall–Kier alpha value is -0.945. The molecule has 0 aromatic carbocycles. The summed E-state index contributed by atoms with van der Waals surface area (Å²) in [7, 11) is 3.37. The molecular weight excluding hydrogens is 187 g/mol. The van der Waals surface area contributed by atoms with Gasteiger partial charge < -0.3 is 10.1 Å². The summed E-state index contributed by atoms with van der Waals surface area (Å²) in [5.74, 6) is 2.96. The molecular formula is C11H20BN2O. The van der Waals surface area contributed by atoms with Crippen molar-refractivity contribution in [3.8, 4) is 12.3 Å². The lowest BCUT2D eigenvalue weighted by Gasteiger charge is -2.30. The van der Waals surface area contributed by atoms with Crippen LogP contribution in [0.4, 0.5) is 0 Å². The van der Waals surface area contributed by atoms with Crippen LogP contribution in [0.25, 0.3) is 0 Å². The van der Waals surface area contributed by atoms with E-state index in [9.17, 15) is 0 Å². The Bertz CT molecular complexity index is 254. The third kappa shape index (κ3) is 5.49. The number of terminal acetylenes is 1. The Balaban J connectivity index is 4.23. The van der Waals surface area contributed by atoms with E-state index in [1.165, 1.54) is 0 Å². The zero-order valence-electron chi connectivity index (χ0n) is 10.3. The van der Waals surface area contributed by atoms with Crippen molar-refractivity contribution in [1.82, 2.24) is 5.43 Å². The maximum absolute atomic E-state index is 5.67. The van der Waals surface area contributed by atoms with Crippen LogP contribution in [0.5, 0.6) is 0 Å². The molecule has 0 aliphatic heterocycles. The Morgan fingerprint density at radius 3 is 2.60 bits per heavy atom. The molecule has 0 saturated carbocycles. The van der Waals surface area contributed by atoms with Gasteiger partial charge in [0.2, 0.25) is 0 Å². The van der Waals surface area contributed by atoms with Gasteiger partial charge in [0.25, 0.3) is 0 Å². The van der Waals surface area contributed by atoms with Gasteiger partial charge >= 0.3 is 7.48 Å². The Labute approximate surface area is 93.9 Å². The Kier molecular flexibility index (Phi) is 6.11. The molecule has 0 bridgehead atoms. The summed E-state index contributed by atoms with van der Waals surface area (Å²) in [6.45, 7) is 8.32. The second-order valence-corrected chi connectivity index (χ2v) is 4.20. The summed E-state index contributed by atoms with van der Waals surface area (Å²) >= 11 is 0. The van der Waals surface area contributed by atoms with E-state index < -0.39 is 0 Å². The first-order chi connectivity index (χ1) is 6.94. The van der Waals surface area contributed by atoms with Gasteiger partial charge in [-0.2, -0.15) is 5.10 Å². The zero-order chi connectivity index (χ0) is 11.9. The van der Waals surface area contributed by atoms with Gasteiger partial charge in [-0.25, -0.2) is 0 Å². The average molecular weight is 207 g/mol. The van der Waals surface area contributed by atoms with Gasteiger partial charge in [-0.15, -0.1) is 12.3 Å². The monoisotopic (exact) mass is 207 g/mol. The van der Waals surface area contributed by atoms with E-state index >= 15 is 0 Å². The number of nitrogens with zero attached hydrogens (tertiary/aromatic N) is 1. The number of rotatable bonds is 6. The molecule has 0 spiro atoms. The van der Waals surface area contributed by atoms with Gasteiger partial charge in [-0.3, -0.25) is 0 Å². The van der Waals surface area contributed by atoms with Crippen LogP contribution in [-0.4, -0.2) is 25.7 Å². The molecule has 0 heterocycles. The molecule has 0 amide bonds. The fourth-order valence-corrected chi connectivity index (χ4v) is 0.712. The van der Waals surface area contributed by atoms with E-state index in [4.69, 9.17) is 11.1 Å². The van der Waals surface area contributed by atoms with E-state index in [1.54, 1.807) is 14.5 Å². The Morgan fingerprint density at radius 2 is 2.20 bits per heavy atom. The van der Waals surface area contributed by atoms with Crippen LogP contribution in [0.3, 0.4) is 0 Å². The van der Waals surface area contributed by atoms with Crippen molar-refractivity contribution < 1.29 is 4.65 Å². The van der Waals surface area contributed by atoms with Crippen molar-refractivity contribution in [2.75, 3.05) is 7.05 Å². The van der Waals surface area contributed by atoms with Crippen LogP contribution < -0.4 is 5.43 Å². The minimum absolute atomic E-state index is 0.205. The number of hydrazone groups is 1. The quantitative estimate of drug-likeness (QED) is 0.310. The highest BCUT2D eigenvalue weighted by molar-refractivity contribution is 6.71. The largest absolute Gasteiger partial charge is 0.428 e. The van der Waals surface area contributed by atoms with Gasteiger partial charge in [-0.05, 0) is 19.8 Å². The summed E-state index contributed by atoms with van der Waals surface area (Å²) in [6, 6.07) is 0. The minimum Gasteiger partial charge on any atom is -0.428 e. The molecule has 3 nitrogen and oxygen atoms in total. The molecule has 0 aliphatic carbocycles. The van der Waals surface area contributed by atoms with E-state index in [0.29, 0.717) is 12.3 Å². The molecule has 0 atom stereocenters. The molecule has 0 aromatic heterocycles. The molecule has 0 saturated heterocycles. The predicted octanol–water partition coefficient (Wildman–Crippen LogP) is 1.61. The van der Waals surface area contributed by atoms with Crippen LogP contribution in [-0.2, 0) is 4.65 Å². The number of hydrogen-bond acceptors (Lipinski definition) is 3. The SMILES string of the molecule is C#CC/C([B]OC(C)(C)C(C)C)=N\NC. The van der Waals surface area contributed by atoms with Crippen LogP contribution >= 0.6 is 0 Å². The van der Waals surface area contributed by atoms with E-state index in [1.807, 2.05) is 13.8 Å². The summed E-state index contributed by atoms with van der Waals surface area (Å²) in [6.07, 6.45) is 5.69. The molecule has 0 rings (SSSR count). The molecule has 1 N–H and O–H groups in total. The molecule has 15 heavy (non-hydrogen) atoms. The highest BCUT2D eigenvalue weighted by atomic mass is 16.5. The lowest BCUT2D eigenvalue weighted by Crippen LogP contribution is -2.35. The van der Waals surface area contributed by atoms with Gasteiger partial charge in [0, 0.05) is 24.7 Å². The lowest BCUT2D eigenvalue weighted by molar-refractivity contribution is 0.0674. The first-order valence-corrected chi connectivity index (χ1v) is 5.11.